The van der Waals surface area contributed by atoms with Gasteiger partial charge in [-0.25, -0.2) is 0 Å². The van der Waals surface area contributed by atoms with Crippen LogP contribution in [0.5, 0.6) is 0 Å². The summed E-state index contributed by atoms with van der Waals surface area (Å²) in [6.45, 7) is 3.04. The predicted octanol–water partition coefficient (Wildman–Crippen LogP) is 4.75. The van der Waals surface area contributed by atoms with Crippen LogP contribution in [0.15, 0.2) is 46.9 Å². The van der Waals surface area contributed by atoms with Crippen molar-refractivity contribution in [1.82, 2.24) is 15.2 Å². The number of aromatic nitrogens is 1. The van der Waals surface area contributed by atoms with Gasteiger partial charge in [-0.3, -0.25) is 19.3 Å². The number of H-pyrrole nitrogens is 1. The normalized spacial score (nSPS) is 13.1. The maximum Gasteiger partial charge on any atom is 0.261 e. The molecule has 0 aliphatic carbocycles. The van der Waals surface area contributed by atoms with Crippen LogP contribution in [-0.4, -0.2) is 40.7 Å². The number of halogens is 1. The molecular formula is C25H26BrN3O3. The number of aryl methyl sites for hydroxylation is 1. The first-order valence-electron chi connectivity index (χ1n) is 10.9. The fourth-order valence-electron chi connectivity index (χ4n) is 4.27. The number of hydrogen-bond donors (Lipinski definition) is 2. The van der Waals surface area contributed by atoms with Crippen LogP contribution >= 0.6 is 15.9 Å². The molecule has 3 amide bonds. The summed E-state index contributed by atoms with van der Waals surface area (Å²) >= 11 is 3.52. The van der Waals surface area contributed by atoms with E-state index in [0.717, 1.165) is 34.9 Å². The number of aromatic amines is 1. The Bertz CT molecular complexity index is 1150. The Morgan fingerprint density at radius 1 is 1.03 bits per heavy atom. The van der Waals surface area contributed by atoms with Gasteiger partial charge in [-0.1, -0.05) is 34.5 Å². The van der Waals surface area contributed by atoms with E-state index in [1.165, 1.54) is 15.8 Å². The summed E-state index contributed by atoms with van der Waals surface area (Å²) < 4.78 is 1.04. The second-order valence-electron chi connectivity index (χ2n) is 8.14. The minimum atomic E-state index is -0.219. The zero-order valence-electron chi connectivity index (χ0n) is 18.0. The Morgan fingerprint density at radius 2 is 1.75 bits per heavy atom. The number of imide groups is 1. The molecule has 0 radical (unpaired) electrons. The summed E-state index contributed by atoms with van der Waals surface area (Å²) in [6, 6.07) is 13.1. The van der Waals surface area contributed by atoms with Crippen LogP contribution in [0, 0.1) is 6.92 Å². The van der Waals surface area contributed by atoms with Crippen LogP contribution in [0.1, 0.15) is 57.7 Å². The number of fused-ring (bicyclic) bond motifs is 2. The van der Waals surface area contributed by atoms with Gasteiger partial charge >= 0.3 is 0 Å². The lowest BCUT2D eigenvalue weighted by Crippen LogP contribution is -2.30. The first kappa shape index (κ1) is 22.3. The van der Waals surface area contributed by atoms with Gasteiger partial charge in [0.1, 0.15) is 0 Å². The molecule has 7 heteroatoms. The first-order valence-corrected chi connectivity index (χ1v) is 11.7. The Balaban J connectivity index is 1.16. The van der Waals surface area contributed by atoms with Crippen molar-refractivity contribution in [2.75, 3.05) is 13.1 Å². The molecule has 0 unspecified atom stereocenters. The topological polar surface area (TPSA) is 82.3 Å². The average molecular weight is 496 g/mol. The summed E-state index contributed by atoms with van der Waals surface area (Å²) in [5, 5.41) is 4.18. The van der Waals surface area contributed by atoms with Crippen LogP contribution in [0.3, 0.4) is 0 Å². The van der Waals surface area contributed by atoms with E-state index in [1.54, 1.807) is 24.3 Å². The van der Waals surface area contributed by atoms with E-state index in [2.05, 4.69) is 45.3 Å². The average Bonchev–Trinajstić information content (AvgIpc) is 3.22. The molecule has 2 N–H and O–H groups in total. The van der Waals surface area contributed by atoms with Crippen LogP contribution in [-0.2, 0) is 11.2 Å². The third-order valence-electron chi connectivity index (χ3n) is 5.94. The lowest BCUT2D eigenvalue weighted by molar-refractivity contribution is -0.121. The van der Waals surface area contributed by atoms with Crippen molar-refractivity contribution < 1.29 is 14.4 Å². The minimum absolute atomic E-state index is 0.0319. The monoisotopic (exact) mass is 495 g/mol. The highest BCUT2D eigenvalue weighted by atomic mass is 79.9. The predicted molar refractivity (Wildman–Crippen MR) is 128 cm³/mol. The quantitative estimate of drug-likeness (QED) is 0.331. The smallest absolute Gasteiger partial charge is 0.261 e. The SMILES string of the molecule is Cc1[nH]c2ccc(Br)cc2c1CCNC(=O)CCCCCN1C(=O)c2ccccc2C1=O. The van der Waals surface area contributed by atoms with Crippen LogP contribution in [0.2, 0.25) is 0 Å². The molecular weight excluding hydrogens is 470 g/mol. The minimum Gasteiger partial charge on any atom is -0.358 e. The zero-order chi connectivity index (χ0) is 22.7. The Morgan fingerprint density at radius 3 is 2.47 bits per heavy atom. The molecule has 1 aliphatic heterocycles. The highest BCUT2D eigenvalue weighted by Gasteiger charge is 2.34. The van der Waals surface area contributed by atoms with Gasteiger partial charge in [0, 0.05) is 40.6 Å². The molecule has 1 aromatic heterocycles. The molecule has 0 fully saturated rings. The number of carbonyl (C=O) groups is 3. The summed E-state index contributed by atoms with van der Waals surface area (Å²) in [5.74, 6) is -0.407. The van der Waals surface area contributed by atoms with Crippen LogP contribution in [0.25, 0.3) is 10.9 Å². The van der Waals surface area contributed by atoms with Crippen molar-refractivity contribution in [1.29, 1.82) is 0 Å². The molecule has 2 aromatic carbocycles. The highest BCUT2D eigenvalue weighted by molar-refractivity contribution is 9.10. The number of nitrogens with zero attached hydrogens (tertiary/aromatic N) is 1. The van der Waals surface area contributed by atoms with Crippen molar-refractivity contribution in [2.45, 2.75) is 39.0 Å². The molecule has 0 saturated heterocycles. The summed E-state index contributed by atoms with van der Waals surface area (Å²) in [4.78, 5) is 41.6. The van der Waals surface area contributed by atoms with Crippen LogP contribution in [0.4, 0.5) is 0 Å². The molecule has 0 atom stereocenters. The molecule has 1 aliphatic rings. The van der Waals surface area contributed by atoms with Gasteiger partial charge in [0.15, 0.2) is 0 Å². The van der Waals surface area contributed by atoms with Gasteiger partial charge in [0.25, 0.3) is 11.8 Å². The van der Waals surface area contributed by atoms with Gasteiger partial charge in [0.2, 0.25) is 5.91 Å². The third kappa shape index (κ3) is 4.63. The summed E-state index contributed by atoms with van der Waals surface area (Å²) in [7, 11) is 0. The number of rotatable bonds is 9. The van der Waals surface area contributed by atoms with Crippen molar-refractivity contribution >= 4 is 44.6 Å². The number of hydrogen-bond acceptors (Lipinski definition) is 3. The van der Waals surface area contributed by atoms with Crippen molar-refractivity contribution in [2.24, 2.45) is 0 Å². The van der Waals surface area contributed by atoms with E-state index in [-0.39, 0.29) is 17.7 Å². The molecule has 32 heavy (non-hydrogen) atoms. The maximum absolute atomic E-state index is 12.4. The fraction of sp³-hybridized carbons (Fsp3) is 0.320. The second-order valence-corrected chi connectivity index (χ2v) is 9.05. The first-order chi connectivity index (χ1) is 15.5. The Kier molecular flexibility index (Phi) is 6.74. The Hall–Kier alpha value is -2.93. The lowest BCUT2D eigenvalue weighted by atomic mass is 10.1. The molecule has 0 bridgehead atoms. The van der Waals surface area contributed by atoms with E-state index in [0.29, 0.717) is 37.1 Å². The molecule has 4 rings (SSSR count). The third-order valence-corrected chi connectivity index (χ3v) is 6.44. The van der Waals surface area contributed by atoms with Crippen molar-refractivity contribution in [3.63, 3.8) is 0 Å². The maximum atomic E-state index is 12.4. The van der Waals surface area contributed by atoms with E-state index < -0.39 is 0 Å². The zero-order valence-corrected chi connectivity index (χ0v) is 19.6. The largest absolute Gasteiger partial charge is 0.358 e. The summed E-state index contributed by atoms with van der Waals surface area (Å²) in [6.07, 6.45) is 3.43. The summed E-state index contributed by atoms with van der Waals surface area (Å²) in [5.41, 5.74) is 4.41. The highest BCUT2D eigenvalue weighted by Crippen LogP contribution is 2.26. The molecule has 6 nitrogen and oxygen atoms in total. The molecule has 0 spiro atoms. The second kappa shape index (κ2) is 9.69. The number of amides is 3. The van der Waals surface area contributed by atoms with Gasteiger partial charge in [0.05, 0.1) is 11.1 Å². The van der Waals surface area contributed by atoms with Gasteiger partial charge in [-0.15, -0.1) is 0 Å². The van der Waals surface area contributed by atoms with Crippen molar-refractivity contribution in [3.05, 3.63) is 69.3 Å². The lowest BCUT2D eigenvalue weighted by Gasteiger charge is -2.13. The number of carbonyl (C=O) groups excluding carboxylic acids is 3. The van der Waals surface area contributed by atoms with E-state index in [1.807, 2.05) is 6.07 Å². The molecule has 166 valence electrons. The number of benzene rings is 2. The Labute approximate surface area is 195 Å². The standard InChI is InChI=1S/C25H26BrN3O3/c1-16-18(21-15-17(26)10-11-22(21)28-16)12-13-27-23(30)9-3-2-6-14-29-24(31)19-7-4-5-8-20(19)25(29)32/h4-5,7-8,10-11,15,28H,2-3,6,9,12-14H2,1H3,(H,27,30). The fourth-order valence-corrected chi connectivity index (χ4v) is 4.63. The molecule has 0 saturated carbocycles. The number of unbranched alkanes of at least 4 members (excludes halogenated alkanes) is 2. The van der Waals surface area contributed by atoms with Crippen molar-refractivity contribution in [3.8, 4) is 0 Å². The van der Waals surface area contributed by atoms with E-state index in [4.69, 9.17) is 0 Å². The van der Waals surface area contributed by atoms with Crippen LogP contribution < -0.4 is 5.32 Å². The van der Waals surface area contributed by atoms with Gasteiger partial charge in [-0.05, 0) is 62.1 Å². The van der Waals surface area contributed by atoms with Gasteiger partial charge < -0.3 is 10.3 Å². The van der Waals surface area contributed by atoms with E-state index in [9.17, 15) is 14.4 Å². The number of nitrogens with one attached hydrogen (secondary N) is 2. The molecule has 3 aromatic rings. The molecule has 2 heterocycles. The van der Waals surface area contributed by atoms with Gasteiger partial charge in [-0.2, -0.15) is 0 Å². The van der Waals surface area contributed by atoms with E-state index >= 15 is 0 Å².